The van der Waals surface area contributed by atoms with Crippen LogP contribution < -0.4 is 10.6 Å². The second-order valence-corrected chi connectivity index (χ2v) is 7.40. The van der Waals surface area contributed by atoms with Crippen LogP contribution in [0.2, 0.25) is 5.02 Å². The first-order valence-electron chi connectivity index (χ1n) is 9.59. The highest BCUT2D eigenvalue weighted by Gasteiger charge is 2.43. The van der Waals surface area contributed by atoms with Gasteiger partial charge in [0.2, 0.25) is 0 Å². The number of alkyl halides is 3. The molecule has 0 fully saturated rings. The Bertz CT molecular complexity index is 1250. The molecule has 0 spiro atoms. The number of nitrogens with two attached hydrogens (primary N) is 1. The molecule has 2 aromatic carbocycles. The molecule has 0 amide bonds. The maximum absolute atomic E-state index is 13.2. The van der Waals surface area contributed by atoms with Gasteiger partial charge in [-0.3, -0.25) is 4.90 Å². The molecule has 2 N–H and O–H groups in total. The first kappa shape index (κ1) is 24.7. The van der Waals surface area contributed by atoms with Gasteiger partial charge in [0.25, 0.3) is 0 Å². The number of carbonyl (C=O) groups excluding carboxylic acids is 2. The number of benzene rings is 2. The molecule has 34 heavy (non-hydrogen) atoms. The Morgan fingerprint density at radius 2 is 1.71 bits per heavy atom. The van der Waals surface area contributed by atoms with Crippen LogP contribution in [0.1, 0.15) is 17.0 Å². The number of allylic oxidation sites excluding steroid dienone is 1. The van der Waals surface area contributed by atoms with Gasteiger partial charge < -0.3 is 15.2 Å². The lowest BCUT2D eigenvalue weighted by Crippen LogP contribution is -2.40. The van der Waals surface area contributed by atoms with Gasteiger partial charge in [-0.2, -0.15) is 18.4 Å². The summed E-state index contributed by atoms with van der Waals surface area (Å²) >= 11 is 5.87. The highest BCUT2D eigenvalue weighted by Crippen LogP contribution is 2.44. The van der Waals surface area contributed by atoms with Crippen LogP contribution in [0.5, 0.6) is 0 Å². The van der Waals surface area contributed by atoms with Gasteiger partial charge in [-0.1, -0.05) is 41.9 Å². The molecule has 1 heterocycles. The lowest BCUT2D eigenvalue weighted by atomic mass is 9.81. The zero-order valence-electron chi connectivity index (χ0n) is 17.8. The molecule has 1 atom stereocenters. The third kappa shape index (κ3) is 4.30. The quantitative estimate of drug-likeness (QED) is 0.637. The third-order valence-corrected chi connectivity index (χ3v) is 5.44. The first-order valence-corrected chi connectivity index (χ1v) is 9.96. The fourth-order valence-corrected chi connectivity index (χ4v) is 3.94. The van der Waals surface area contributed by atoms with Crippen molar-refractivity contribution in [2.45, 2.75) is 12.1 Å². The van der Waals surface area contributed by atoms with Gasteiger partial charge in [-0.05, 0) is 23.8 Å². The van der Waals surface area contributed by atoms with Crippen molar-refractivity contribution in [1.29, 1.82) is 5.26 Å². The average molecular weight is 492 g/mol. The molecule has 7 nitrogen and oxygen atoms in total. The average Bonchev–Trinajstić information content (AvgIpc) is 2.81. The molecule has 2 aromatic rings. The van der Waals surface area contributed by atoms with E-state index in [9.17, 15) is 28.0 Å². The van der Waals surface area contributed by atoms with Crippen molar-refractivity contribution in [2.75, 3.05) is 19.1 Å². The number of hydrogen-bond donors (Lipinski definition) is 1. The van der Waals surface area contributed by atoms with E-state index in [1.165, 1.54) is 0 Å². The van der Waals surface area contributed by atoms with Crippen LogP contribution in [0.15, 0.2) is 71.2 Å². The van der Waals surface area contributed by atoms with Gasteiger partial charge >= 0.3 is 18.1 Å². The van der Waals surface area contributed by atoms with Crippen LogP contribution in [-0.4, -0.2) is 26.2 Å². The summed E-state index contributed by atoms with van der Waals surface area (Å²) in [5.74, 6) is -3.39. The number of ether oxygens (including phenoxy) is 2. The molecule has 0 bridgehead atoms. The summed E-state index contributed by atoms with van der Waals surface area (Å²) in [6.07, 6.45) is -4.73. The molecule has 0 saturated heterocycles. The monoisotopic (exact) mass is 491 g/mol. The SMILES string of the molecule is COC(=O)C1=C(C(=O)OC)N(c2ccc(C(F)(F)F)c(Cl)c2)C(N)=C(C#N)C1c1ccccc1. The summed E-state index contributed by atoms with van der Waals surface area (Å²) in [5, 5.41) is 9.26. The predicted molar refractivity (Wildman–Crippen MR) is 116 cm³/mol. The normalized spacial score (nSPS) is 16.3. The molecule has 1 aliphatic rings. The molecule has 11 heteroatoms. The summed E-state index contributed by atoms with van der Waals surface area (Å²) in [7, 11) is 2.14. The van der Waals surface area contributed by atoms with Crippen molar-refractivity contribution < 1.29 is 32.2 Å². The molecule has 0 aliphatic carbocycles. The number of hydrogen-bond acceptors (Lipinski definition) is 7. The molecule has 176 valence electrons. The maximum Gasteiger partial charge on any atom is 0.417 e. The minimum Gasteiger partial charge on any atom is -0.466 e. The molecule has 3 rings (SSSR count). The van der Waals surface area contributed by atoms with Crippen LogP contribution in [0.25, 0.3) is 0 Å². The van der Waals surface area contributed by atoms with E-state index >= 15 is 0 Å². The lowest BCUT2D eigenvalue weighted by Gasteiger charge is -2.36. The lowest BCUT2D eigenvalue weighted by molar-refractivity contribution is -0.139. The summed E-state index contributed by atoms with van der Waals surface area (Å²) in [5.41, 5.74) is 4.69. The van der Waals surface area contributed by atoms with Crippen molar-refractivity contribution in [1.82, 2.24) is 0 Å². The van der Waals surface area contributed by atoms with Crippen LogP contribution in [0.3, 0.4) is 0 Å². The van der Waals surface area contributed by atoms with Gasteiger partial charge in [-0.15, -0.1) is 0 Å². The van der Waals surface area contributed by atoms with E-state index in [-0.39, 0.29) is 22.7 Å². The molecule has 0 aromatic heterocycles. The zero-order chi connectivity index (χ0) is 25.2. The Labute approximate surface area is 197 Å². The fourth-order valence-electron chi connectivity index (χ4n) is 3.65. The zero-order valence-corrected chi connectivity index (χ0v) is 18.6. The topological polar surface area (TPSA) is 106 Å². The number of nitriles is 1. The number of carbonyl (C=O) groups is 2. The summed E-state index contributed by atoms with van der Waals surface area (Å²) in [6.45, 7) is 0. The van der Waals surface area contributed by atoms with Crippen LogP contribution >= 0.6 is 11.6 Å². The van der Waals surface area contributed by atoms with Gasteiger partial charge in [0.05, 0.1) is 47.9 Å². The van der Waals surface area contributed by atoms with Gasteiger partial charge in [-0.25, -0.2) is 9.59 Å². The number of methoxy groups -OCH3 is 2. The largest absolute Gasteiger partial charge is 0.466 e. The minimum absolute atomic E-state index is 0.100. The molecule has 0 radical (unpaired) electrons. The maximum atomic E-state index is 13.2. The van der Waals surface area contributed by atoms with Crippen molar-refractivity contribution in [3.8, 4) is 6.07 Å². The van der Waals surface area contributed by atoms with E-state index < -0.39 is 40.3 Å². The van der Waals surface area contributed by atoms with E-state index in [4.69, 9.17) is 26.8 Å². The number of halogens is 4. The number of anilines is 1. The van der Waals surface area contributed by atoms with E-state index in [0.717, 1.165) is 31.3 Å². The predicted octanol–water partition coefficient (Wildman–Crippen LogP) is 4.26. The summed E-state index contributed by atoms with van der Waals surface area (Å²) in [4.78, 5) is 26.8. The second kappa shape index (κ2) is 9.49. The number of rotatable bonds is 4. The van der Waals surface area contributed by atoms with Crippen molar-refractivity contribution in [3.05, 3.63) is 87.3 Å². The van der Waals surface area contributed by atoms with Crippen molar-refractivity contribution >= 4 is 29.2 Å². The Morgan fingerprint density at radius 1 is 1.09 bits per heavy atom. The van der Waals surface area contributed by atoms with Gasteiger partial charge in [0.1, 0.15) is 11.5 Å². The Kier molecular flexibility index (Phi) is 6.88. The van der Waals surface area contributed by atoms with Crippen LogP contribution in [0.4, 0.5) is 18.9 Å². The molecular weight excluding hydrogens is 475 g/mol. The van der Waals surface area contributed by atoms with Gasteiger partial charge in [0, 0.05) is 5.69 Å². The highest BCUT2D eigenvalue weighted by atomic mass is 35.5. The molecular formula is C23H17ClF3N3O4. The van der Waals surface area contributed by atoms with Crippen molar-refractivity contribution in [3.63, 3.8) is 0 Å². The van der Waals surface area contributed by atoms with E-state index in [1.807, 2.05) is 6.07 Å². The van der Waals surface area contributed by atoms with E-state index in [0.29, 0.717) is 11.6 Å². The van der Waals surface area contributed by atoms with Crippen LogP contribution in [0, 0.1) is 11.3 Å². The molecule has 1 unspecified atom stereocenters. The standard InChI is InChI=1S/C23H17ClF3N3O4/c1-33-21(31)18-17(12-6-4-3-5-7-12)14(11-28)20(29)30(19(18)22(32)34-2)13-8-9-15(16(24)10-13)23(25,26)27/h3-10,17H,29H2,1-2H3. The summed E-state index contributed by atoms with van der Waals surface area (Å²) < 4.78 is 49.4. The Hall–Kier alpha value is -3.97. The highest BCUT2D eigenvalue weighted by molar-refractivity contribution is 6.31. The minimum atomic E-state index is -4.73. The molecule has 1 aliphatic heterocycles. The second-order valence-electron chi connectivity index (χ2n) is 7.00. The number of esters is 2. The summed E-state index contributed by atoms with van der Waals surface area (Å²) in [6, 6.07) is 12.9. The Morgan fingerprint density at radius 3 is 2.21 bits per heavy atom. The molecule has 0 saturated carbocycles. The van der Waals surface area contributed by atoms with Gasteiger partial charge in [0.15, 0.2) is 0 Å². The van der Waals surface area contributed by atoms with Crippen molar-refractivity contribution in [2.24, 2.45) is 5.73 Å². The van der Waals surface area contributed by atoms with E-state index in [1.54, 1.807) is 30.3 Å². The first-order chi connectivity index (χ1) is 16.1. The third-order valence-electron chi connectivity index (χ3n) is 5.13. The number of nitrogens with zero attached hydrogens (tertiary/aromatic N) is 2. The fraction of sp³-hybridized carbons (Fsp3) is 0.174. The van der Waals surface area contributed by atoms with Crippen LogP contribution in [-0.2, 0) is 25.2 Å². The Balaban J connectivity index is 2.39. The smallest absolute Gasteiger partial charge is 0.417 e. The van der Waals surface area contributed by atoms with E-state index in [2.05, 4.69) is 0 Å².